The van der Waals surface area contributed by atoms with E-state index >= 15 is 0 Å². The molecule has 3 rings (SSSR count). The van der Waals surface area contributed by atoms with Gasteiger partial charge in [-0.15, -0.1) is 0 Å². The van der Waals surface area contributed by atoms with Crippen LogP contribution in [0.5, 0.6) is 0 Å². The monoisotopic (exact) mass is 291 g/mol. The van der Waals surface area contributed by atoms with Crippen LogP contribution in [0.15, 0.2) is 24.3 Å². The lowest BCUT2D eigenvalue weighted by Gasteiger charge is -2.38. The Labute approximate surface area is 127 Å². The maximum Gasteiger partial charge on any atom is 0.123 e. The predicted molar refractivity (Wildman–Crippen MR) is 85.2 cm³/mol. The van der Waals surface area contributed by atoms with Crippen molar-refractivity contribution in [2.75, 3.05) is 44.7 Å². The molecule has 0 aromatic heterocycles. The number of hydrogen-bond acceptors (Lipinski definition) is 3. The van der Waals surface area contributed by atoms with Gasteiger partial charge in [-0.2, -0.15) is 0 Å². The predicted octanol–water partition coefficient (Wildman–Crippen LogP) is 2.34. The molecule has 2 fully saturated rings. The molecule has 1 saturated heterocycles. The lowest BCUT2D eigenvalue weighted by atomic mass is 10.0. The molecule has 1 heterocycles. The molecule has 1 aromatic rings. The fourth-order valence-corrected chi connectivity index (χ4v) is 3.81. The zero-order valence-corrected chi connectivity index (χ0v) is 12.9. The summed E-state index contributed by atoms with van der Waals surface area (Å²) in [5.41, 5.74) is 1.14. The minimum atomic E-state index is -0.156. The Morgan fingerprint density at radius 1 is 1.10 bits per heavy atom. The first kappa shape index (κ1) is 14.8. The average molecular weight is 291 g/mol. The Morgan fingerprint density at radius 2 is 1.81 bits per heavy atom. The van der Waals surface area contributed by atoms with Crippen molar-refractivity contribution >= 4 is 5.69 Å². The lowest BCUT2D eigenvalue weighted by molar-refractivity contribution is 0.206. The van der Waals surface area contributed by atoms with Gasteiger partial charge in [-0.05, 0) is 50.1 Å². The van der Waals surface area contributed by atoms with Crippen molar-refractivity contribution in [1.82, 2.24) is 10.2 Å². The molecule has 0 amide bonds. The summed E-state index contributed by atoms with van der Waals surface area (Å²) in [6.45, 7) is 5.54. The lowest BCUT2D eigenvalue weighted by Crippen LogP contribution is -2.49. The van der Waals surface area contributed by atoms with Crippen LogP contribution in [0, 0.1) is 11.7 Å². The van der Waals surface area contributed by atoms with Crippen LogP contribution in [0.3, 0.4) is 0 Å². The van der Waals surface area contributed by atoms with Crippen molar-refractivity contribution in [3.63, 3.8) is 0 Å². The Kier molecular flexibility index (Phi) is 4.76. The number of benzene rings is 1. The number of anilines is 1. The molecule has 116 valence electrons. The van der Waals surface area contributed by atoms with Gasteiger partial charge in [-0.3, -0.25) is 4.90 Å². The third-order valence-electron chi connectivity index (χ3n) is 5.09. The van der Waals surface area contributed by atoms with Crippen LogP contribution in [-0.2, 0) is 0 Å². The Morgan fingerprint density at radius 3 is 2.48 bits per heavy atom. The van der Waals surface area contributed by atoms with Crippen molar-refractivity contribution in [1.29, 1.82) is 0 Å². The molecule has 1 aliphatic heterocycles. The van der Waals surface area contributed by atoms with E-state index in [0.717, 1.165) is 37.8 Å². The summed E-state index contributed by atoms with van der Waals surface area (Å²) in [4.78, 5) is 4.96. The molecular weight excluding hydrogens is 265 g/mol. The Bertz CT molecular complexity index is 440. The van der Waals surface area contributed by atoms with Crippen molar-refractivity contribution in [2.24, 2.45) is 5.92 Å². The maximum atomic E-state index is 13.0. The summed E-state index contributed by atoms with van der Waals surface area (Å²) in [5, 5.41) is 3.47. The van der Waals surface area contributed by atoms with E-state index in [9.17, 15) is 4.39 Å². The highest BCUT2D eigenvalue weighted by molar-refractivity contribution is 5.46. The van der Waals surface area contributed by atoms with Gasteiger partial charge < -0.3 is 10.2 Å². The first-order chi connectivity index (χ1) is 10.3. The van der Waals surface area contributed by atoms with E-state index in [4.69, 9.17) is 0 Å². The van der Waals surface area contributed by atoms with Gasteiger partial charge >= 0.3 is 0 Å². The molecule has 2 atom stereocenters. The first-order valence-electron chi connectivity index (χ1n) is 8.16. The van der Waals surface area contributed by atoms with Crippen LogP contribution in [0.25, 0.3) is 0 Å². The summed E-state index contributed by atoms with van der Waals surface area (Å²) in [6.07, 6.45) is 4.06. The van der Waals surface area contributed by atoms with Gasteiger partial charge in [-0.25, -0.2) is 4.39 Å². The largest absolute Gasteiger partial charge is 0.369 e. The zero-order chi connectivity index (χ0) is 14.7. The van der Waals surface area contributed by atoms with E-state index in [1.54, 1.807) is 12.1 Å². The van der Waals surface area contributed by atoms with Gasteiger partial charge in [0, 0.05) is 44.5 Å². The van der Waals surface area contributed by atoms with E-state index < -0.39 is 0 Å². The normalized spacial score (nSPS) is 27.2. The molecule has 1 aliphatic carbocycles. The molecule has 4 heteroatoms. The summed E-state index contributed by atoms with van der Waals surface area (Å²) in [7, 11) is 2.09. The van der Waals surface area contributed by atoms with Crippen molar-refractivity contribution < 1.29 is 4.39 Å². The van der Waals surface area contributed by atoms with Crippen molar-refractivity contribution in [2.45, 2.75) is 25.3 Å². The molecule has 0 bridgehead atoms. The molecule has 21 heavy (non-hydrogen) atoms. The average Bonchev–Trinajstić information content (AvgIpc) is 2.96. The number of halogens is 1. The van der Waals surface area contributed by atoms with E-state index in [-0.39, 0.29) is 5.82 Å². The summed E-state index contributed by atoms with van der Waals surface area (Å²) in [6, 6.07) is 7.59. The maximum absolute atomic E-state index is 13.0. The minimum Gasteiger partial charge on any atom is -0.369 e. The number of rotatable bonds is 4. The summed E-state index contributed by atoms with van der Waals surface area (Å²) < 4.78 is 13.0. The van der Waals surface area contributed by atoms with Gasteiger partial charge in [0.05, 0.1) is 0 Å². The van der Waals surface area contributed by atoms with Crippen LogP contribution >= 0.6 is 0 Å². The molecule has 0 radical (unpaired) electrons. The minimum absolute atomic E-state index is 0.156. The highest BCUT2D eigenvalue weighted by Gasteiger charge is 2.28. The Hall–Kier alpha value is -1.13. The van der Waals surface area contributed by atoms with Gasteiger partial charge in [0.25, 0.3) is 0 Å². The van der Waals surface area contributed by atoms with Gasteiger partial charge in [-0.1, -0.05) is 6.42 Å². The highest BCUT2D eigenvalue weighted by atomic mass is 19.1. The number of nitrogens with one attached hydrogen (secondary N) is 1. The second-order valence-corrected chi connectivity index (χ2v) is 6.35. The molecule has 2 aliphatic rings. The first-order valence-corrected chi connectivity index (χ1v) is 8.16. The van der Waals surface area contributed by atoms with Crippen LogP contribution in [0.4, 0.5) is 10.1 Å². The number of hydrogen-bond donors (Lipinski definition) is 1. The second kappa shape index (κ2) is 6.75. The van der Waals surface area contributed by atoms with E-state index in [0.29, 0.717) is 6.04 Å². The van der Waals surface area contributed by atoms with Gasteiger partial charge in [0.2, 0.25) is 0 Å². The summed E-state index contributed by atoms with van der Waals surface area (Å²) >= 11 is 0. The number of piperazine rings is 1. The molecule has 1 saturated carbocycles. The van der Waals surface area contributed by atoms with Crippen LogP contribution in [-0.4, -0.2) is 50.7 Å². The third kappa shape index (κ3) is 3.55. The SMILES string of the molecule is CNC1CCCC1CN1CCN(c2ccc(F)cc2)CC1. The van der Waals surface area contributed by atoms with Crippen LogP contribution in [0.1, 0.15) is 19.3 Å². The van der Waals surface area contributed by atoms with E-state index in [2.05, 4.69) is 22.2 Å². The second-order valence-electron chi connectivity index (χ2n) is 6.35. The van der Waals surface area contributed by atoms with E-state index in [1.807, 2.05) is 12.1 Å². The fourth-order valence-electron chi connectivity index (χ4n) is 3.81. The van der Waals surface area contributed by atoms with E-state index in [1.165, 1.54) is 25.8 Å². The highest BCUT2D eigenvalue weighted by Crippen LogP contribution is 2.27. The van der Waals surface area contributed by atoms with Crippen LogP contribution in [0.2, 0.25) is 0 Å². The van der Waals surface area contributed by atoms with Crippen molar-refractivity contribution in [3.05, 3.63) is 30.1 Å². The smallest absolute Gasteiger partial charge is 0.123 e. The molecule has 3 nitrogen and oxygen atoms in total. The van der Waals surface area contributed by atoms with Gasteiger partial charge in [0.1, 0.15) is 5.82 Å². The van der Waals surface area contributed by atoms with Crippen LogP contribution < -0.4 is 10.2 Å². The zero-order valence-electron chi connectivity index (χ0n) is 12.9. The molecule has 1 aromatic carbocycles. The fraction of sp³-hybridized carbons (Fsp3) is 0.647. The third-order valence-corrected chi connectivity index (χ3v) is 5.09. The topological polar surface area (TPSA) is 18.5 Å². The molecular formula is C17H26FN3. The standard InChI is InChI=1S/C17H26FN3/c1-19-17-4-2-3-14(17)13-20-9-11-21(12-10-20)16-7-5-15(18)6-8-16/h5-8,14,17,19H,2-4,9-13H2,1H3. The molecule has 0 spiro atoms. The quantitative estimate of drug-likeness (QED) is 0.918. The molecule has 2 unspecified atom stereocenters. The van der Waals surface area contributed by atoms with Gasteiger partial charge in [0.15, 0.2) is 0 Å². The number of nitrogens with zero attached hydrogens (tertiary/aromatic N) is 2. The summed E-state index contributed by atoms with van der Waals surface area (Å²) in [5.74, 6) is 0.657. The molecule has 1 N–H and O–H groups in total. The van der Waals surface area contributed by atoms with Crippen molar-refractivity contribution in [3.8, 4) is 0 Å². The Balaban J connectivity index is 1.50.